The predicted molar refractivity (Wildman–Crippen MR) is 119 cm³/mol. The fourth-order valence-corrected chi connectivity index (χ4v) is 6.02. The van der Waals surface area contributed by atoms with Crippen LogP contribution < -0.4 is 10.9 Å². The summed E-state index contributed by atoms with van der Waals surface area (Å²) in [7, 11) is 0. The van der Waals surface area contributed by atoms with Crippen molar-refractivity contribution in [3.63, 3.8) is 0 Å². The summed E-state index contributed by atoms with van der Waals surface area (Å²) in [5.41, 5.74) is 1.01. The lowest BCUT2D eigenvalue weighted by atomic mass is 9.78. The molecular formula is C21H31N3O2S2. The Kier molecular flexibility index (Phi) is 6.54. The number of fused-ring (bicyclic) bond motifs is 1. The first-order valence-corrected chi connectivity index (χ1v) is 11.9. The Labute approximate surface area is 175 Å². The molecular weight excluding hydrogens is 390 g/mol. The van der Waals surface area contributed by atoms with Gasteiger partial charge < -0.3 is 5.32 Å². The maximum absolute atomic E-state index is 13.1. The Morgan fingerprint density at radius 3 is 2.71 bits per heavy atom. The molecule has 0 saturated heterocycles. The third-order valence-electron chi connectivity index (χ3n) is 6.10. The van der Waals surface area contributed by atoms with Crippen molar-refractivity contribution >= 4 is 39.2 Å². The lowest BCUT2D eigenvalue weighted by molar-refractivity contribution is -0.120. The molecule has 0 bridgehead atoms. The Morgan fingerprint density at radius 2 is 2.04 bits per heavy atom. The van der Waals surface area contributed by atoms with Gasteiger partial charge in [-0.25, -0.2) is 4.98 Å². The summed E-state index contributed by atoms with van der Waals surface area (Å²) in [5, 5.41) is 4.56. The SMILES string of the molecule is Cc1sc2nc(SCC(=O)N[C@H]3CCC[C@@H](C)[C@@H]3C)n(C(C)C)c(=O)c2c1C. The number of rotatable bonds is 5. The minimum Gasteiger partial charge on any atom is -0.352 e. The molecule has 0 unspecified atom stereocenters. The van der Waals surface area contributed by atoms with E-state index >= 15 is 0 Å². The summed E-state index contributed by atoms with van der Waals surface area (Å²) in [4.78, 5) is 32.3. The van der Waals surface area contributed by atoms with Crippen LogP contribution in [0.4, 0.5) is 0 Å². The fraction of sp³-hybridized carbons (Fsp3) is 0.667. The zero-order valence-corrected chi connectivity index (χ0v) is 19.3. The van der Waals surface area contributed by atoms with Crippen molar-refractivity contribution in [1.82, 2.24) is 14.9 Å². The molecule has 3 atom stereocenters. The van der Waals surface area contributed by atoms with E-state index in [0.717, 1.165) is 27.1 Å². The summed E-state index contributed by atoms with van der Waals surface area (Å²) >= 11 is 2.92. The van der Waals surface area contributed by atoms with E-state index in [9.17, 15) is 9.59 Å². The van der Waals surface area contributed by atoms with Gasteiger partial charge in [-0.05, 0) is 51.5 Å². The Morgan fingerprint density at radius 1 is 1.32 bits per heavy atom. The first kappa shape index (κ1) is 21.4. The van der Waals surface area contributed by atoms with Crippen molar-refractivity contribution < 1.29 is 4.79 Å². The number of carbonyl (C=O) groups is 1. The van der Waals surface area contributed by atoms with Crippen molar-refractivity contribution in [3.05, 3.63) is 20.8 Å². The van der Waals surface area contributed by atoms with E-state index in [1.165, 1.54) is 24.6 Å². The van der Waals surface area contributed by atoms with E-state index in [0.29, 0.717) is 17.0 Å². The van der Waals surface area contributed by atoms with Gasteiger partial charge in [0.15, 0.2) is 5.16 Å². The highest BCUT2D eigenvalue weighted by Crippen LogP contribution is 2.31. The highest BCUT2D eigenvalue weighted by molar-refractivity contribution is 7.99. The molecule has 2 aromatic heterocycles. The molecule has 28 heavy (non-hydrogen) atoms. The number of amides is 1. The molecule has 7 heteroatoms. The van der Waals surface area contributed by atoms with Gasteiger partial charge in [-0.1, -0.05) is 38.5 Å². The van der Waals surface area contributed by atoms with Crippen LogP contribution in [-0.4, -0.2) is 27.3 Å². The van der Waals surface area contributed by atoms with Gasteiger partial charge in [0, 0.05) is 17.0 Å². The van der Waals surface area contributed by atoms with Crippen LogP contribution in [0.25, 0.3) is 10.2 Å². The lowest BCUT2D eigenvalue weighted by Gasteiger charge is -2.34. The maximum Gasteiger partial charge on any atom is 0.263 e. The smallest absolute Gasteiger partial charge is 0.263 e. The maximum atomic E-state index is 13.1. The fourth-order valence-electron chi connectivity index (χ4n) is 4.01. The minimum absolute atomic E-state index is 0.000476. The second-order valence-electron chi connectivity index (χ2n) is 8.36. The number of hydrogen-bond donors (Lipinski definition) is 1. The van der Waals surface area contributed by atoms with E-state index in [4.69, 9.17) is 4.98 Å². The number of carbonyl (C=O) groups excluding carboxylic acids is 1. The number of nitrogens with zero attached hydrogens (tertiary/aromatic N) is 2. The predicted octanol–water partition coefficient (Wildman–Crippen LogP) is 4.69. The Balaban J connectivity index is 1.79. The average Bonchev–Trinajstić information content (AvgIpc) is 2.91. The van der Waals surface area contributed by atoms with Gasteiger partial charge >= 0.3 is 0 Å². The Bertz CT molecular complexity index is 932. The molecule has 1 fully saturated rings. The van der Waals surface area contributed by atoms with E-state index in [1.807, 2.05) is 27.7 Å². The van der Waals surface area contributed by atoms with Gasteiger partial charge in [-0.15, -0.1) is 11.3 Å². The molecule has 0 radical (unpaired) electrons. The van der Waals surface area contributed by atoms with Gasteiger partial charge in [0.25, 0.3) is 5.56 Å². The molecule has 0 aromatic carbocycles. The highest BCUT2D eigenvalue weighted by atomic mass is 32.2. The van der Waals surface area contributed by atoms with Crippen molar-refractivity contribution in [2.45, 2.75) is 78.0 Å². The van der Waals surface area contributed by atoms with Crippen LogP contribution in [0.3, 0.4) is 0 Å². The number of aromatic nitrogens is 2. The third-order valence-corrected chi connectivity index (χ3v) is 8.16. The van der Waals surface area contributed by atoms with E-state index in [1.54, 1.807) is 15.9 Å². The summed E-state index contributed by atoms with van der Waals surface area (Å²) in [6, 6.07) is 0.246. The first-order valence-electron chi connectivity index (χ1n) is 10.1. The molecule has 154 valence electrons. The van der Waals surface area contributed by atoms with Crippen LogP contribution in [0.5, 0.6) is 0 Å². The van der Waals surface area contributed by atoms with E-state index in [-0.39, 0.29) is 29.3 Å². The van der Waals surface area contributed by atoms with Crippen molar-refractivity contribution in [2.24, 2.45) is 11.8 Å². The summed E-state index contributed by atoms with van der Waals surface area (Å²) < 4.78 is 1.73. The summed E-state index contributed by atoms with van der Waals surface area (Å²) in [6.07, 6.45) is 3.47. The van der Waals surface area contributed by atoms with Crippen LogP contribution in [0.1, 0.15) is 63.4 Å². The highest BCUT2D eigenvalue weighted by Gasteiger charge is 2.28. The molecule has 1 N–H and O–H groups in total. The normalized spacial score (nSPS) is 22.8. The largest absolute Gasteiger partial charge is 0.352 e. The minimum atomic E-state index is -0.00576. The van der Waals surface area contributed by atoms with Crippen LogP contribution in [0, 0.1) is 25.7 Å². The van der Waals surface area contributed by atoms with Crippen molar-refractivity contribution in [3.8, 4) is 0 Å². The molecule has 5 nitrogen and oxygen atoms in total. The molecule has 1 aliphatic carbocycles. The molecule has 1 saturated carbocycles. The average molecular weight is 422 g/mol. The molecule has 2 aromatic rings. The standard InChI is InChI=1S/C21H31N3O2S2/c1-11(2)24-20(26)18-14(5)15(6)28-19(18)23-21(24)27-10-17(25)22-16-9-7-8-12(3)13(16)4/h11-13,16H,7-10H2,1-6H3,(H,22,25)/t12-,13+,16+/m1/s1. The van der Waals surface area contributed by atoms with Crippen LogP contribution in [-0.2, 0) is 4.79 Å². The number of nitrogens with one attached hydrogen (secondary N) is 1. The zero-order valence-electron chi connectivity index (χ0n) is 17.7. The number of thioether (sulfide) groups is 1. The Hall–Kier alpha value is -1.34. The monoisotopic (exact) mass is 421 g/mol. The number of thiophene rings is 1. The van der Waals surface area contributed by atoms with Gasteiger partial charge in [-0.2, -0.15) is 0 Å². The van der Waals surface area contributed by atoms with Crippen LogP contribution in [0.15, 0.2) is 9.95 Å². The first-order chi connectivity index (χ1) is 13.2. The third kappa shape index (κ3) is 4.15. The van der Waals surface area contributed by atoms with Gasteiger partial charge in [-0.3, -0.25) is 14.2 Å². The molecule has 0 aliphatic heterocycles. The van der Waals surface area contributed by atoms with Gasteiger partial charge in [0.2, 0.25) is 5.91 Å². The molecule has 1 aliphatic rings. The summed E-state index contributed by atoms with van der Waals surface area (Å²) in [6.45, 7) is 12.5. The van der Waals surface area contributed by atoms with Crippen LogP contribution in [0.2, 0.25) is 0 Å². The second kappa shape index (κ2) is 8.57. The number of aryl methyl sites for hydroxylation is 2. The van der Waals surface area contributed by atoms with Crippen LogP contribution >= 0.6 is 23.1 Å². The lowest BCUT2D eigenvalue weighted by Crippen LogP contribution is -2.44. The van der Waals surface area contributed by atoms with Gasteiger partial charge in [0.05, 0.1) is 11.1 Å². The van der Waals surface area contributed by atoms with E-state index < -0.39 is 0 Å². The van der Waals surface area contributed by atoms with Crippen molar-refractivity contribution in [1.29, 1.82) is 0 Å². The zero-order chi connectivity index (χ0) is 20.6. The van der Waals surface area contributed by atoms with Crippen molar-refractivity contribution in [2.75, 3.05) is 5.75 Å². The molecule has 2 heterocycles. The quantitative estimate of drug-likeness (QED) is 0.562. The van der Waals surface area contributed by atoms with E-state index in [2.05, 4.69) is 19.2 Å². The topological polar surface area (TPSA) is 64.0 Å². The number of hydrogen-bond acceptors (Lipinski definition) is 5. The molecule has 3 rings (SSSR count). The summed E-state index contributed by atoms with van der Waals surface area (Å²) in [5.74, 6) is 1.46. The van der Waals surface area contributed by atoms with Gasteiger partial charge in [0.1, 0.15) is 4.83 Å². The second-order valence-corrected chi connectivity index (χ2v) is 10.5. The molecule has 0 spiro atoms. The molecule has 1 amide bonds.